The van der Waals surface area contributed by atoms with E-state index in [0.717, 1.165) is 11.3 Å². The lowest BCUT2D eigenvalue weighted by molar-refractivity contribution is -0.108. The molecule has 8 heteroatoms. The first-order valence-corrected chi connectivity index (χ1v) is 6.47. The number of thiazole rings is 1. The highest BCUT2D eigenvalue weighted by Crippen LogP contribution is 2.30. The van der Waals surface area contributed by atoms with Gasteiger partial charge in [0.2, 0.25) is 0 Å². The van der Waals surface area contributed by atoms with E-state index in [-0.39, 0.29) is 15.8 Å². The van der Waals surface area contributed by atoms with Crippen molar-refractivity contribution in [2.45, 2.75) is 0 Å². The molecular formula is C11H5Cl2FN2O2S. The second-order valence-corrected chi connectivity index (χ2v) is 5.07. The Kier molecular flexibility index (Phi) is 4.14. The normalized spacial score (nSPS) is 10.3. The van der Waals surface area contributed by atoms with Crippen molar-refractivity contribution in [2.24, 2.45) is 0 Å². The van der Waals surface area contributed by atoms with Gasteiger partial charge in [0.1, 0.15) is 10.7 Å². The number of anilines is 2. The third-order valence-corrected chi connectivity index (χ3v) is 3.59. The molecule has 19 heavy (non-hydrogen) atoms. The number of hydrogen-bond donors (Lipinski definition) is 1. The van der Waals surface area contributed by atoms with E-state index in [4.69, 9.17) is 23.2 Å². The van der Waals surface area contributed by atoms with E-state index in [1.807, 2.05) is 0 Å². The van der Waals surface area contributed by atoms with E-state index in [1.165, 1.54) is 24.3 Å². The minimum absolute atomic E-state index is 0.0359. The highest BCUT2D eigenvalue weighted by molar-refractivity contribution is 7.19. The highest BCUT2D eigenvalue weighted by atomic mass is 35.5. The predicted octanol–water partition coefficient (Wildman–Crippen LogP) is 3.63. The monoisotopic (exact) mass is 318 g/mol. The molecule has 0 radical (unpaired) electrons. The number of nitrogens with one attached hydrogen (secondary N) is 1. The van der Waals surface area contributed by atoms with Crippen LogP contribution in [0.4, 0.5) is 15.2 Å². The first-order chi connectivity index (χ1) is 8.97. The van der Waals surface area contributed by atoms with E-state index in [9.17, 15) is 14.0 Å². The number of carbonyl (C=O) groups excluding carboxylic acids is 2. The van der Waals surface area contributed by atoms with Gasteiger partial charge in [-0.3, -0.25) is 9.59 Å². The summed E-state index contributed by atoms with van der Waals surface area (Å²) in [5.41, 5.74) is 0.572. The second-order valence-electron chi connectivity index (χ2n) is 3.37. The number of benzene rings is 1. The third kappa shape index (κ3) is 3.28. The maximum Gasteiger partial charge on any atom is 0.294 e. The summed E-state index contributed by atoms with van der Waals surface area (Å²) in [4.78, 5) is 26.0. The SMILES string of the molecule is O=C(Cl)C(=O)c1sc(Nc2ccc(F)cc2)nc1Cl. The van der Waals surface area contributed by atoms with Gasteiger partial charge in [-0.2, -0.15) is 0 Å². The fourth-order valence-electron chi connectivity index (χ4n) is 1.24. The minimum Gasteiger partial charge on any atom is -0.331 e. The van der Waals surface area contributed by atoms with Gasteiger partial charge in [0.25, 0.3) is 11.0 Å². The molecule has 0 bridgehead atoms. The van der Waals surface area contributed by atoms with Gasteiger partial charge in [0, 0.05) is 5.69 Å². The molecular weight excluding hydrogens is 314 g/mol. The Morgan fingerprint density at radius 2 is 1.89 bits per heavy atom. The predicted molar refractivity (Wildman–Crippen MR) is 72.0 cm³/mol. The van der Waals surface area contributed by atoms with Crippen molar-refractivity contribution in [2.75, 3.05) is 5.32 Å². The van der Waals surface area contributed by atoms with Crippen molar-refractivity contribution in [1.82, 2.24) is 4.98 Å². The maximum absolute atomic E-state index is 12.7. The summed E-state index contributed by atoms with van der Waals surface area (Å²) in [6.45, 7) is 0. The van der Waals surface area contributed by atoms with Crippen LogP contribution in [0.2, 0.25) is 5.15 Å². The van der Waals surface area contributed by atoms with E-state index in [0.29, 0.717) is 10.8 Å². The molecule has 98 valence electrons. The Morgan fingerprint density at radius 3 is 2.47 bits per heavy atom. The Hall–Kier alpha value is -1.50. The topological polar surface area (TPSA) is 59.1 Å². The molecule has 0 aliphatic rings. The highest BCUT2D eigenvalue weighted by Gasteiger charge is 2.21. The largest absolute Gasteiger partial charge is 0.331 e. The van der Waals surface area contributed by atoms with Gasteiger partial charge in [-0.1, -0.05) is 22.9 Å². The van der Waals surface area contributed by atoms with Crippen LogP contribution >= 0.6 is 34.5 Å². The maximum atomic E-state index is 12.7. The molecule has 1 heterocycles. The van der Waals surface area contributed by atoms with Crippen LogP contribution in [-0.2, 0) is 4.79 Å². The molecule has 0 aliphatic heterocycles. The number of ketones is 1. The molecule has 0 atom stereocenters. The van der Waals surface area contributed by atoms with Crippen LogP contribution in [0.25, 0.3) is 0 Å². The van der Waals surface area contributed by atoms with Crippen molar-refractivity contribution in [3.05, 3.63) is 40.1 Å². The van der Waals surface area contributed by atoms with Gasteiger partial charge < -0.3 is 5.32 Å². The fourth-order valence-corrected chi connectivity index (χ4v) is 2.54. The molecule has 0 saturated heterocycles. The van der Waals surface area contributed by atoms with Crippen molar-refractivity contribution in [1.29, 1.82) is 0 Å². The number of carbonyl (C=O) groups is 2. The summed E-state index contributed by atoms with van der Waals surface area (Å²) in [5, 5.41) is 1.91. The van der Waals surface area contributed by atoms with E-state index < -0.39 is 11.0 Å². The van der Waals surface area contributed by atoms with E-state index in [2.05, 4.69) is 10.3 Å². The van der Waals surface area contributed by atoms with E-state index in [1.54, 1.807) is 0 Å². The smallest absolute Gasteiger partial charge is 0.294 e. The molecule has 0 amide bonds. The van der Waals surface area contributed by atoms with Crippen LogP contribution < -0.4 is 5.32 Å². The molecule has 0 saturated carbocycles. The summed E-state index contributed by atoms with van der Waals surface area (Å²) >= 11 is 11.7. The van der Waals surface area contributed by atoms with Crippen LogP contribution in [0, 0.1) is 5.82 Å². The Morgan fingerprint density at radius 1 is 1.26 bits per heavy atom. The van der Waals surface area contributed by atoms with Crippen molar-refractivity contribution in [3.63, 3.8) is 0 Å². The zero-order valence-corrected chi connectivity index (χ0v) is 11.4. The van der Waals surface area contributed by atoms with Gasteiger partial charge in [-0.05, 0) is 35.9 Å². The molecule has 1 N–H and O–H groups in total. The van der Waals surface area contributed by atoms with Crippen LogP contribution in [0.1, 0.15) is 9.67 Å². The van der Waals surface area contributed by atoms with Gasteiger partial charge in [-0.15, -0.1) is 0 Å². The molecule has 0 spiro atoms. The third-order valence-electron chi connectivity index (χ3n) is 2.07. The summed E-state index contributed by atoms with van der Waals surface area (Å²) in [6.07, 6.45) is 0. The molecule has 1 aromatic heterocycles. The zero-order chi connectivity index (χ0) is 14.0. The van der Waals surface area contributed by atoms with Crippen LogP contribution in [0.3, 0.4) is 0 Å². The number of halogens is 3. The number of nitrogens with zero attached hydrogens (tertiary/aromatic N) is 1. The Labute approximate surface area is 121 Å². The van der Waals surface area contributed by atoms with Gasteiger partial charge >= 0.3 is 0 Å². The summed E-state index contributed by atoms with van der Waals surface area (Å²) in [7, 11) is 0. The van der Waals surface area contributed by atoms with E-state index >= 15 is 0 Å². The number of hydrogen-bond acceptors (Lipinski definition) is 5. The summed E-state index contributed by atoms with van der Waals surface area (Å²) < 4.78 is 12.7. The average molecular weight is 319 g/mol. The number of Topliss-reactive ketones (excluding diaryl/α,β-unsaturated/α-hetero) is 1. The average Bonchev–Trinajstić information content (AvgIpc) is 2.72. The number of rotatable bonds is 4. The number of aromatic nitrogens is 1. The fraction of sp³-hybridized carbons (Fsp3) is 0. The first-order valence-electron chi connectivity index (χ1n) is 4.90. The summed E-state index contributed by atoms with van der Waals surface area (Å²) in [5.74, 6) is -1.28. The lowest BCUT2D eigenvalue weighted by atomic mass is 10.3. The standard InChI is InChI=1S/C11H5Cl2FN2O2S/c12-9-8(7(17)10(13)18)19-11(16-9)15-6-3-1-5(14)2-4-6/h1-4H,(H,15,16). The lowest BCUT2D eigenvalue weighted by Crippen LogP contribution is -2.05. The Bertz CT molecular complexity index is 643. The molecule has 1 aromatic carbocycles. The lowest BCUT2D eigenvalue weighted by Gasteiger charge is -2.00. The molecule has 0 unspecified atom stereocenters. The Balaban J connectivity index is 2.23. The molecule has 4 nitrogen and oxygen atoms in total. The molecule has 2 rings (SSSR count). The molecule has 0 aliphatic carbocycles. The van der Waals surface area contributed by atoms with Crippen LogP contribution in [0.5, 0.6) is 0 Å². The minimum atomic E-state index is -1.13. The molecule has 2 aromatic rings. The summed E-state index contributed by atoms with van der Waals surface area (Å²) in [6, 6.07) is 5.54. The van der Waals surface area contributed by atoms with Gasteiger partial charge in [0.05, 0.1) is 0 Å². The quantitative estimate of drug-likeness (QED) is 0.531. The van der Waals surface area contributed by atoms with Crippen LogP contribution in [0.15, 0.2) is 24.3 Å². The first kappa shape index (κ1) is 13.9. The van der Waals surface area contributed by atoms with Crippen molar-refractivity contribution >= 4 is 56.4 Å². The van der Waals surface area contributed by atoms with Crippen LogP contribution in [-0.4, -0.2) is 16.0 Å². The van der Waals surface area contributed by atoms with Gasteiger partial charge in [0.15, 0.2) is 10.3 Å². The van der Waals surface area contributed by atoms with Crippen molar-refractivity contribution in [3.8, 4) is 0 Å². The van der Waals surface area contributed by atoms with Gasteiger partial charge in [-0.25, -0.2) is 9.37 Å². The second kappa shape index (κ2) is 5.64. The zero-order valence-electron chi connectivity index (χ0n) is 9.12. The van der Waals surface area contributed by atoms with Crippen molar-refractivity contribution < 1.29 is 14.0 Å². The molecule has 0 fully saturated rings.